The van der Waals surface area contributed by atoms with E-state index in [1.165, 1.54) is 218 Å². The highest BCUT2D eigenvalue weighted by Gasteiger charge is 2.53. The van der Waals surface area contributed by atoms with Gasteiger partial charge < -0.3 is 89.9 Å². The molecule has 0 aromatic carbocycles. The number of hydrogen-bond donors (Lipinski definition) is 12. The maximum atomic E-state index is 13.4. The average Bonchev–Trinajstić information content (AvgIpc) is 1.04. The maximum absolute atomic E-state index is 13.4. The van der Waals surface area contributed by atoms with Gasteiger partial charge in [-0.2, -0.15) is 0 Å². The lowest BCUT2D eigenvalue weighted by molar-refractivity contribution is -0.379. The Hall–Kier alpha value is -1.73. The van der Waals surface area contributed by atoms with Gasteiger partial charge in [-0.3, -0.25) is 4.79 Å². The number of aliphatic hydroxyl groups excluding tert-OH is 11. The normalized spacial score (nSPS) is 28.1. The first-order valence-electron chi connectivity index (χ1n) is 36.6. The molecule has 3 fully saturated rings. The SMILES string of the molecule is CCCCCCCCCCCCCC/C=C/CC/C=C/C(O)C(COC1OC(CO)C(OC2OC(CO)C(OC3OC(CO)C(O)C(O)C3O)C(O)C2O)C(O)C1O)NC(=O)CCCCCCCCCCCCCCCCCCCCCCCCCCCCC. The van der Waals surface area contributed by atoms with Crippen LogP contribution in [0.4, 0.5) is 0 Å². The number of carbonyl (C=O) groups is 1. The molecule has 3 saturated heterocycles. The number of nitrogens with one attached hydrogen (secondary N) is 1. The van der Waals surface area contributed by atoms with Crippen LogP contribution in [0.15, 0.2) is 24.3 Å². The minimum atomic E-state index is -1.98. The third-order valence-corrected chi connectivity index (χ3v) is 18.5. The van der Waals surface area contributed by atoms with Gasteiger partial charge in [-0.05, 0) is 32.1 Å². The largest absolute Gasteiger partial charge is 0.394 e. The quantitative estimate of drug-likeness (QED) is 0.0199. The maximum Gasteiger partial charge on any atom is 0.220 e. The Morgan fingerprint density at radius 2 is 0.711 bits per heavy atom. The molecule has 3 heterocycles. The average molecular weight is 1290 g/mol. The summed E-state index contributed by atoms with van der Waals surface area (Å²) >= 11 is 0. The van der Waals surface area contributed by atoms with Crippen LogP contribution in [0.2, 0.25) is 0 Å². The second kappa shape index (κ2) is 53.4. The van der Waals surface area contributed by atoms with Crippen molar-refractivity contribution < 1.29 is 89.4 Å². The smallest absolute Gasteiger partial charge is 0.220 e. The van der Waals surface area contributed by atoms with Crippen LogP contribution in [-0.2, 0) is 33.2 Å². The van der Waals surface area contributed by atoms with Gasteiger partial charge in [0.25, 0.3) is 0 Å². The summed E-state index contributed by atoms with van der Waals surface area (Å²) in [7, 11) is 0. The Labute approximate surface area is 543 Å². The molecule has 0 spiro atoms. The van der Waals surface area contributed by atoms with Gasteiger partial charge >= 0.3 is 0 Å². The molecule has 0 aromatic heterocycles. The summed E-state index contributed by atoms with van der Waals surface area (Å²) in [6.07, 6.45) is 34.5. The van der Waals surface area contributed by atoms with E-state index in [2.05, 4.69) is 31.3 Å². The van der Waals surface area contributed by atoms with Crippen molar-refractivity contribution in [1.82, 2.24) is 5.32 Å². The van der Waals surface area contributed by atoms with Crippen molar-refractivity contribution in [2.75, 3.05) is 26.4 Å². The predicted octanol–water partition coefficient (Wildman–Crippen LogP) is 10.2. The summed E-state index contributed by atoms with van der Waals surface area (Å²) in [5.74, 6) is -0.279. The molecule has 12 N–H and O–H groups in total. The molecule has 3 aliphatic rings. The fourth-order valence-electron chi connectivity index (χ4n) is 12.6. The van der Waals surface area contributed by atoms with E-state index in [0.717, 1.165) is 38.5 Å². The molecule has 0 radical (unpaired) electrons. The Kier molecular flexibility index (Phi) is 49.0. The topological polar surface area (TPSA) is 307 Å². The summed E-state index contributed by atoms with van der Waals surface area (Å²) in [6.45, 7) is 1.75. The molecule has 530 valence electrons. The first-order valence-corrected chi connectivity index (χ1v) is 36.6. The lowest BCUT2D eigenvalue weighted by Crippen LogP contribution is -2.66. The molecule has 0 saturated carbocycles. The zero-order chi connectivity index (χ0) is 65.4. The van der Waals surface area contributed by atoms with E-state index in [1.54, 1.807) is 6.08 Å². The van der Waals surface area contributed by atoms with Gasteiger partial charge in [0.05, 0.1) is 38.6 Å². The lowest BCUT2D eigenvalue weighted by atomic mass is 9.96. The summed E-state index contributed by atoms with van der Waals surface area (Å²) in [5, 5.41) is 121. The summed E-state index contributed by atoms with van der Waals surface area (Å²) < 4.78 is 34.4. The Morgan fingerprint density at radius 1 is 0.389 bits per heavy atom. The Morgan fingerprint density at radius 3 is 1.11 bits per heavy atom. The second-order valence-electron chi connectivity index (χ2n) is 26.4. The van der Waals surface area contributed by atoms with E-state index < -0.39 is 124 Å². The van der Waals surface area contributed by atoms with Gasteiger partial charge in [0.15, 0.2) is 18.9 Å². The van der Waals surface area contributed by atoms with Gasteiger partial charge in [0.2, 0.25) is 5.91 Å². The van der Waals surface area contributed by atoms with Gasteiger partial charge in [0.1, 0.15) is 73.2 Å². The van der Waals surface area contributed by atoms with Gasteiger partial charge in [-0.15, -0.1) is 0 Å². The first kappa shape index (κ1) is 82.5. The van der Waals surface area contributed by atoms with Crippen molar-refractivity contribution in [3.05, 3.63) is 24.3 Å². The number of carbonyl (C=O) groups excluding carboxylic acids is 1. The molecule has 3 aliphatic heterocycles. The molecule has 1 amide bonds. The van der Waals surface area contributed by atoms with Crippen LogP contribution >= 0.6 is 0 Å². The fourth-order valence-corrected chi connectivity index (χ4v) is 12.6. The van der Waals surface area contributed by atoms with Crippen molar-refractivity contribution in [2.24, 2.45) is 0 Å². The number of aliphatic hydroxyl groups is 11. The molecule has 0 aliphatic carbocycles. The number of rotatable bonds is 57. The summed E-state index contributed by atoms with van der Waals surface area (Å²) in [6, 6.07) is -0.987. The minimum Gasteiger partial charge on any atom is -0.394 e. The van der Waals surface area contributed by atoms with Crippen LogP contribution in [0.3, 0.4) is 0 Å². The van der Waals surface area contributed by atoms with Crippen molar-refractivity contribution in [3.8, 4) is 0 Å². The molecule has 17 atom stereocenters. The van der Waals surface area contributed by atoms with E-state index in [1.807, 2.05) is 6.08 Å². The molecule has 17 unspecified atom stereocenters. The Balaban J connectivity index is 1.41. The van der Waals surface area contributed by atoms with Crippen molar-refractivity contribution in [1.29, 1.82) is 0 Å². The number of unbranched alkanes of at least 4 members (excludes halogenated alkanes) is 39. The molecule has 3 rings (SSSR count). The highest BCUT2D eigenvalue weighted by Crippen LogP contribution is 2.33. The third kappa shape index (κ3) is 34.8. The zero-order valence-corrected chi connectivity index (χ0v) is 56.1. The van der Waals surface area contributed by atoms with Crippen LogP contribution < -0.4 is 5.32 Å². The molecule has 19 heteroatoms. The van der Waals surface area contributed by atoms with Crippen LogP contribution in [-0.4, -0.2) is 193 Å². The van der Waals surface area contributed by atoms with Crippen LogP contribution in [0, 0.1) is 0 Å². The lowest BCUT2D eigenvalue weighted by Gasteiger charge is -2.48. The van der Waals surface area contributed by atoms with Crippen LogP contribution in [0.25, 0.3) is 0 Å². The standard InChI is InChI=1S/C71H133NO18/c1-3-5-7-9-11-13-15-17-19-21-23-24-25-26-27-28-29-30-31-33-35-37-39-41-43-45-47-49-59(77)72-54(55(76)48-46-44-42-40-38-36-34-32-22-20-18-16-14-12-10-8-6-4-2)53-85-69-65(83)62(80)67(57(51-74)87-69)90-71-66(84)63(81)68(58(52-75)88-71)89-70-64(82)61(79)60(78)56(50-73)86-70/h38,40,46,48,54-58,60-71,73-76,78-84H,3-37,39,41-45,47,49-53H2,1-2H3,(H,72,77)/b40-38+,48-46+. The first-order chi connectivity index (χ1) is 43.8. The Bertz CT molecular complexity index is 1730. The van der Waals surface area contributed by atoms with Crippen molar-refractivity contribution in [3.63, 3.8) is 0 Å². The van der Waals surface area contributed by atoms with E-state index in [-0.39, 0.29) is 18.9 Å². The van der Waals surface area contributed by atoms with Gasteiger partial charge in [-0.1, -0.05) is 276 Å². The van der Waals surface area contributed by atoms with Crippen molar-refractivity contribution >= 4 is 5.91 Å². The van der Waals surface area contributed by atoms with Crippen LogP contribution in [0.1, 0.15) is 290 Å². The van der Waals surface area contributed by atoms with E-state index >= 15 is 0 Å². The van der Waals surface area contributed by atoms with Gasteiger partial charge in [-0.25, -0.2) is 0 Å². The van der Waals surface area contributed by atoms with Crippen LogP contribution in [0.5, 0.6) is 0 Å². The van der Waals surface area contributed by atoms with Gasteiger partial charge in [0, 0.05) is 6.42 Å². The zero-order valence-electron chi connectivity index (χ0n) is 56.1. The monoisotopic (exact) mass is 1290 g/mol. The summed E-state index contributed by atoms with van der Waals surface area (Å²) in [5.41, 5.74) is 0. The van der Waals surface area contributed by atoms with E-state index in [9.17, 15) is 61.0 Å². The fraction of sp³-hybridized carbons (Fsp3) is 0.930. The van der Waals surface area contributed by atoms with E-state index in [4.69, 9.17) is 28.4 Å². The highest BCUT2D eigenvalue weighted by atomic mass is 16.8. The number of allylic oxidation sites excluding steroid dienone is 3. The molecule has 0 aromatic rings. The van der Waals surface area contributed by atoms with E-state index in [0.29, 0.717) is 12.8 Å². The highest BCUT2D eigenvalue weighted by molar-refractivity contribution is 5.76. The molecule has 0 bridgehead atoms. The summed E-state index contributed by atoms with van der Waals surface area (Å²) in [4.78, 5) is 13.4. The second-order valence-corrected chi connectivity index (χ2v) is 26.4. The predicted molar refractivity (Wildman–Crippen MR) is 351 cm³/mol. The molecule has 90 heavy (non-hydrogen) atoms. The number of hydrogen-bond acceptors (Lipinski definition) is 18. The third-order valence-electron chi connectivity index (χ3n) is 18.5. The number of amides is 1. The molecular formula is C71H133NO18. The number of ether oxygens (including phenoxy) is 6. The molecular weight excluding hydrogens is 1150 g/mol. The van der Waals surface area contributed by atoms with Crippen molar-refractivity contribution in [2.45, 2.75) is 394 Å². The minimum absolute atomic E-state index is 0.241. The molecule has 19 nitrogen and oxygen atoms in total.